The fraction of sp³-hybridized carbons (Fsp3) is 0.625. The molecular weight excluding hydrogens is 284 g/mol. The molecule has 0 fully saturated rings. The predicted molar refractivity (Wildman–Crippen MR) is 86.7 cm³/mol. The molecule has 0 saturated carbocycles. The van der Waals surface area contributed by atoms with Gasteiger partial charge in [0.05, 0.1) is 5.56 Å². The van der Waals surface area contributed by atoms with Crippen LogP contribution in [0.3, 0.4) is 0 Å². The SMILES string of the molecule is CCC(=O)Nc1sc2c(c1C(N)=O)CC[C@H](C(C)(C)C)C2. The standard InChI is InChI=1S/C16H24N2O2S/c1-5-12(19)18-15-13(14(17)20)10-7-6-9(16(2,3)4)8-11(10)21-15/h9H,5-8H2,1-4H3,(H2,17,20)(H,18,19)/t9-/m0/s1. The van der Waals surface area contributed by atoms with Crippen molar-refractivity contribution in [3.63, 3.8) is 0 Å². The van der Waals surface area contributed by atoms with Crippen molar-refractivity contribution in [3.05, 3.63) is 16.0 Å². The predicted octanol–water partition coefficient (Wildman–Crippen LogP) is 3.35. The van der Waals surface area contributed by atoms with E-state index in [-0.39, 0.29) is 11.3 Å². The highest BCUT2D eigenvalue weighted by molar-refractivity contribution is 7.17. The third-order valence-electron chi connectivity index (χ3n) is 4.31. The van der Waals surface area contributed by atoms with Crippen LogP contribution in [0.4, 0.5) is 5.00 Å². The molecule has 116 valence electrons. The van der Waals surface area contributed by atoms with Crippen molar-refractivity contribution >= 4 is 28.2 Å². The molecule has 1 heterocycles. The lowest BCUT2D eigenvalue weighted by atomic mass is 9.72. The van der Waals surface area contributed by atoms with E-state index in [1.54, 1.807) is 6.92 Å². The quantitative estimate of drug-likeness (QED) is 0.899. The highest BCUT2D eigenvalue weighted by Gasteiger charge is 2.33. The molecule has 4 nitrogen and oxygen atoms in total. The number of nitrogens with one attached hydrogen (secondary N) is 1. The van der Waals surface area contributed by atoms with E-state index in [0.29, 0.717) is 22.9 Å². The smallest absolute Gasteiger partial charge is 0.251 e. The van der Waals surface area contributed by atoms with Gasteiger partial charge in [-0.25, -0.2) is 0 Å². The summed E-state index contributed by atoms with van der Waals surface area (Å²) in [5.74, 6) is 0.0793. The van der Waals surface area contributed by atoms with Gasteiger partial charge in [0.1, 0.15) is 5.00 Å². The Bertz CT molecular complexity index is 570. The lowest BCUT2D eigenvalue weighted by Gasteiger charge is -2.33. The molecule has 5 heteroatoms. The lowest BCUT2D eigenvalue weighted by molar-refractivity contribution is -0.115. The van der Waals surface area contributed by atoms with Crippen LogP contribution < -0.4 is 11.1 Å². The fourth-order valence-corrected chi connectivity index (χ4v) is 4.24. The molecule has 1 aliphatic rings. The first-order valence-electron chi connectivity index (χ1n) is 7.48. The number of rotatable bonds is 3. The number of carbonyl (C=O) groups is 2. The van der Waals surface area contributed by atoms with Gasteiger partial charge in [-0.1, -0.05) is 27.7 Å². The second-order valence-electron chi connectivity index (χ2n) is 6.78. The zero-order chi connectivity index (χ0) is 15.8. The van der Waals surface area contributed by atoms with Crippen LogP contribution in [0.15, 0.2) is 0 Å². The summed E-state index contributed by atoms with van der Waals surface area (Å²) >= 11 is 1.52. The highest BCUT2D eigenvalue weighted by atomic mass is 32.1. The van der Waals surface area contributed by atoms with E-state index in [1.807, 2.05) is 0 Å². The van der Waals surface area contributed by atoms with Gasteiger partial charge < -0.3 is 11.1 Å². The summed E-state index contributed by atoms with van der Waals surface area (Å²) in [5.41, 5.74) is 7.38. The van der Waals surface area contributed by atoms with E-state index in [2.05, 4.69) is 26.1 Å². The van der Waals surface area contributed by atoms with Gasteiger partial charge in [-0.3, -0.25) is 9.59 Å². The Kier molecular flexibility index (Phi) is 4.42. The summed E-state index contributed by atoms with van der Waals surface area (Å²) in [4.78, 5) is 24.6. The van der Waals surface area contributed by atoms with Crippen molar-refractivity contribution in [1.82, 2.24) is 0 Å². The number of hydrogen-bond donors (Lipinski definition) is 2. The summed E-state index contributed by atoms with van der Waals surface area (Å²) in [5, 5.41) is 3.46. The molecule has 2 amide bonds. The van der Waals surface area contributed by atoms with Crippen LogP contribution in [0.1, 0.15) is 61.3 Å². The molecular formula is C16H24N2O2S. The van der Waals surface area contributed by atoms with Crippen molar-refractivity contribution in [2.45, 2.75) is 53.4 Å². The second kappa shape index (κ2) is 5.79. The van der Waals surface area contributed by atoms with Crippen LogP contribution in [0.2, 0.25) is 0 Å². The number of primary amides is 1. The molecule has 1 aliphatic carbocycles. The second-order valence-corrected chi connectivity index (χ2v) is 7.88. The van der Waals surface area contributed by atoms with Gasteiger partial charge >= 0.3 is 0 Å². The fourth-order valence-electron chi connectivity index (χ4n) is 2.89. The monoisotopic (exact) mass is 308 g/mol. The minimum atomic E-state index is -0.437. The minimum absolute atomic E-state index is 0.0801. The molecule has 0 unspecified atom stereocenters. The van der Waals surface area contributed by atoms with Gasteiger partial charge in [0.2, 0.25) is 5.91 Å². The summed E-state index contributed by atoms with van der Waals surface area (Å²) in [6.07, 6.45) is 3.29. The van der Waals surface area contributed by atoms with Crippen LogP contribution in [-0.4, -0.2) is 11.8 Å². The van der Waals surface area contributed by atoms with Crippen LogP contribution in [0, 0.1) is 11.3 Å². The number of nitrogens with two attached hydrogens (primary N) is 1. The average Bonchev–Trinajstić information content (AvgIpc) is 2.74. The largest absolute Gasteiger partial charge is 0.365 e. The number of fused-ring (bicyclic) bond motifs is 1. The Morgan fingerprint density at radius 2 is 2.05 bits per heavy atom. The molecule has 0 spiro atoms. The maximum absolute atomic E-state index is 11.8. The third kappa shape index (κ3) is 3.28. The maximum Gasteiger partial charge on any atom is 0.251 e. The van der Waals surface area contributed by atoms with Crippen LogP contribution in [0.5, 0.6) is 0 Å². The van der Waals surface area contributed by atoms with E-state index in [4.69, 9.17) is 5.73 Å². The van der Waals surface area contributed by atoms with E-state index >= 15 is 0 Å². The Morgan fingerprint density at radius 1 is 1.38 bits per heavy atom. The summed E-state index contributed by atoms with van der Waals surface area (Å²) < 4.78 is 0. The van der Waals surface area contributed by atoms with E-state index in [9.17, 15) is 9.59 Å². The minimum Gasteiger partial charge on any atom is -0.365 e. The first-order valence-corrected chi connectivity index (χ1v) is 8.29. The number of carbonyl (C=O) groups excluding carboxylic acids is 2. The van der Waals surface area contributed by atoms with E-state index < -0.39 is 5.91 Å². The van der Waals surface area contributed by atoms with Gasteiger partial charge in [-0.15, -0.1) is 11.3 Å². The van der Waals surface area contributed by atoms with Gasteiger partial charge in [-0.2, -0.15) is 0 Å². The number of thiophene rings is 1. The summed E-state index contributed by atoms with van der Waals surface area (Å²) in [6.45, 7) is 8.56. The number of anilines is 1. The molecule has 1 aromatic rings. The molecule has 21 heavy (non-hydrogen) atoms. The van der Waals surface area contributed by atoms with Gasteiger partial charge in [0.15, 0.2) is 0 Å². The zero-order valence-electron chi connectivity index (χ0n) is 13.2. The topological polar surface area (TPSA) is 72.2 Å². The molecule has 1 aromatic heterocycles. The Hall–Kier alpha value is -1.36. The zero-order valence-corrected chi connectivity index (χ0v) is 14.0. The Balaban J connectivity index is 2.37. The number of hydrogen-bond acceptors (Lipinski definition) is 3. The molecule has 1 atom stereocenters. The van der Waals surface area contributed by atoms with Crippen molar-refractivity contribution in [2.24, 2.45) is 17.1 Å². The molecule has 0 bridgehead atoms. The van der Waals surface area contributed by atoms with Gasteiger partial charge in [0, 0.05) is 11.3 Å². The van der Waals surface area contributed by atoms with E-state index in [1.165, 1.54) is 16.2 Å². The first-order chi connectivity index (χ1) is 9.74. The molecule has 0 saturated heterocycles. The summed E-state index contributed by atoms with van der Waals surface area (Å²) in [7, 11) is 0. The van der Waals surface area contributed by atoms with E-state index in [0.717, 1.165) is 24.8 Å². The maximum atomic E-state index is 11.8. The van der Waals surface area contributed by atoms with Crippen molar-refractivity contribution in [2.75, 3.05) is 5.32 Å². The van der Waals surface area contributed by atoms with Gasteiger partial charge in [0.25, 0.3) is 5.91 Å². The van der Waals surface area contributed by atoms with Crippen LogP contribution in [0.25, 0.3) is 0 Å². The highest BCUT2D eigenvalue weighted by Crippen LogP contribution is 2.44. The first kappa shape index (κ1) is 16.0. The van der Waals surface area contributed by atoms with Crippen LogP contribution in [-0.2, 0) is 17.6 Å². The Labute approximate surface area is 130 Å². The Morgan fingerprint density at radius 3 is 2.57 bits per heavy atom. The van der Waals surface area contributed by atoms with Crippen molar-refractivity contribution in [1.29, 1.82) is 0 Å². The number of amides is 2. The molecule has 2 rings (SSSR count). The molecule has 0 radical (unpaired) electrons. The molecule has 0 aromatic carbocycles. The lowest BCUT2D eigenvalue weighted by Crippen LogP contribution is -2.27. The summed E-state index contributed by atoms with van der Waals surface area (Å²) in [6, 6.07) is 0. The van der Waals surface area contributed by atoms with Gasteiger partial charge in [-0.05, 0) is 36.2 Å². The average molecular weight is 308 g/mol. The third-order valence-corrected chi connectivity index (χ3v) is 5.48. The molecule has 0 aliphatic heterocycles. The van der Waals surface area contributed by atoms with Crippen molar-refractivity contribution < 1.29 is 9.59 Å². The normalized spacial score (nSPS) is 18.2. The molecule has 3 N–H and O–H groups in total. The van der Waals surface area contributed by atoms with Crippen molar-refractivity contribution in [3.8, 4) is 0 Å². The van der Waals surface area contributed by atoms with Crippen LogP contribution >= 0.6 is 11.3 Å².